The van der Waals surface area contributed by atoms with E-state index in [1.54, 1.807) is 32.6 Å². The first-order chi connectivity index (χ1) is 21.7. The smallest absolute Gasteiger partial charge is 0.408 e. The van der Waals surface area contributed by atoms with Crippen LogP contribution in [0.15, 0.2) is 24.3 Å². The predicted molar refractivity (Wildman–Crippen MR) is 188 cm³/mol. The Morgan fingerprint density at radius 3 is 1.98 bits per heavy atom. The zero-order chi connectivity index (χ0) is 35.7. The quantitative estimate of drug-likeness (QED) is 0.187. The minimum atomic E-state index is -1.21. The van der Waals surface area contributed by atoms with Gasteiger partial charge in [-0.2, -0.15) is 0 Å². The number of amides is 3. The Kier molecular flexibility index (Phi) is 15.2. The lowest BCUT2D eigenvalue weighted by atomic mass is 9.85. The van der Waals surface area contributed by atoms with E-state index in [2.05, 4.69) is 43.5 Å². The summed E-state index contributed by atoms with van der Waals surface area (Å²) >= 11 is 0. The molecule has 268 valence electrons. The molecule has 1 fully saturated rings. The maximum absolute atomic E-state index is 14.5. The molecule has 0 aromatic heterocycles. The number of rotatable bonds is 14. The molecule has 0 aliphatic heterocycles. The highest BCUT2D eigenvalue weighted by Gasteiger charge is 2.42. The number of benzene rings is 1. The summed E-state index contributed by atoms with van der Waals surface area (Å²) in [5, 5.41) is 28.3. The van der Waals surface area contributed by atoms with Gasteiger partial charge in [0.1, 0.15) is 23.8 Å². The van der Waals surface area contributed by atoms with E-state index in [0.29, 0.717) is 19.3 Å². The minimum Gasteiger partial charge on any atom is -0.444 e. The van der Waals surface area contributed by atoms with Crippen molar-refractivity contribution in [3.63, 3.8) is 0 Å². The summed E-state index contributed by atoms with van der Waals surface area (Å²) in [7, 11) is 0. The lowest BCUT2D eigenvalue weighted by Crippen LogP contribution is -2.63. The monoisotopic (exact) mass is 659 g/mol. The van der Waals surface area contributed by atoms with E-state index in [9.17, 15) is 24.6 Å². The lowest BCUT2D eigenvalue weighted by molar-refractivity contribution is -0.148. The molecule has 3 amide bonds. The summed E-state index contributed by atoms with van der Waals surface area (Å²) < 4.78 is 5.42. The molecule has 1 aliphatic rings. The summed E-state index contributed by atoms with van der Waals surface area (Å²) in [5.74, 6) is -0.764. The van der Waals surface area contributed by atoms with E-state index < -0.39 is 42.0 Å². The number of nitrogens with one attached hydrogen (secondary N) is 2. The van der Waals surface area contributed by atoms with Crippen LogP contribution in [0.25, 0.3) is 0 Å². The summed E-state index contributed by atoms with van der Waals surface area (Å²) in [5.41, 5.74) is 1.36. The van der Waals surface area contributed by atoms with Crippen LogP contribution in [0, 0.1) is 11.8 Å². The Balaban J connectivity index is 2.48. The molecule has 1 saturated carbocycles. The number of ether oxygens (including phenoxy) is 1. The zero-order valence-corrected chi connectivity index (χ0v) is 31.1. The minimum absolute atomic E-state index is 0.0206. The van der Waals surface area contributed by atoms with Crippen molar-refractivity contribution in [3.8, 4) is 0 Å². The van der Waals surface area contributed by atoms with Crippen molar-refractivity contribution < 1.29 is 29.3 Å². The summed E-state index contributed by atoms with van der Waals surface area (Å²) in [6.45, 7) is 21.3. The standard InChI is InChI=1S/C38H65N3O6/c1-12-25(4)32(41(29-16-14-13-15-17-29)35(45)26(5)39-36(46)47-38(9,10)11)34(44)40-30(33(43)31(42)22-24(2)3)23-27-18-20-28(21-19-27)37(6,7)8/h18-21,24-26,29-33,42-43H,12-17,22-23H2,1-11H3,(H,39,46)(H,40,44)/t25-,26-,30-,31-,32-,33+/m0/s1. The van der Waals surface area contributed by atoms with Crippen molar-refractivity contribution in [2.24, 2.45) is 11.8 Å². The van der Waals surface area contributed by atoms with E-state index in [0.717, 1.165) is 37.7 Å². The van der Waals surface area contributed by atoms with Gasteiger partial charge in [0.05, 0.1) is 12.1 Å². The van der Waals surface area contributed by atoms with Gasteiger partial charge in [-0.05, 0) is 81.8 Å². The number of hydrogen-bond acceptors (Lipinski definition) is 6. The molecule has 0 spiro atoms. The van der Waals surface area contributed by atoms with Crippen molar-refractivity contribution in [3.05, 3.63) is 35.4 Å². The number of carbonyl (C=O) groups excluding carboxylic acids is 3. The van der Waals surface area contributed by atoms with Gasteiger partial charge in [-0.1, -0.05) is 98.4 Å². The molecule has 1 aliphatic carbocycles. The van der Waals surface area contributed by atoms with Gasteiger partial charge in [0.2, 0.25) is 11.8 Å². The van der Waals surface area contributed by atoms with Gasteiger partial charge in [-0.3, -0.25) is 9.59 Å². The molecule has 0 heterocycles. The largest absolute Gasteiger partial charge is 0.444 e. The first kappa shape index (κ1) is 40.5. The maximum Gasteiger partial charge on any atom is 0.408 e. The van der Waals surface area contributed by atoms with Crippen molar-refractivity contribution in [1.82, 2.24) is 15.5 Å². The van der Waals surface area contributed by atoms with Crippen LogP contribution >= 0.6 is 0 Å². The van der Waals surface area contributed by atoms with E-state index >= 15 is 0 Å². The lowest BCUT2D eigenvalue weighted by Gasteiger charge is -2.43. The third-order valence-electron chi connectivity index (χ3n) is 9.20. The van der Waals surface area contributed by atoms with E-state index in [-0.39, 0.29) is 35.1 Å². The van der Waals surface area contributed by atoms with Crippen LogP contribution in [-0.4, -0.2) is 75.0 Å². The summed E-state index contributed by atoms with van der Waals surface area (Å²) in [4.78, 5) is 43.1. The van der Waals surface area contributed by atoms with Crippen molar-refractivity contribution in [2.75, 3.05) is 0 Å². The third-order valence-corrected chi connectivity index (χ3v) is 9.20. The molecule has 1 aromatic rings. The molecule has 9 nitrogen and oxygen atoms in total. The fourth-order valence-corrected chi connectivity index (χ4v) is 6.37. The van der Waals surface area contributed by atoms with Crippen molar-refractivity contribution in [1.29, 1.82) is 0 Å². The second-order valence-electron chi connectivity index (χ2n) is 16.2. The van der Waals surface area contributed by atoms with Gasteiger partial charge in [0, 0.05) is 6.04 Å². The van der Waals surface area contributed by atoms with Crippen LogP contribution in [0.3, 0.4) is 0 Å². The molecule has 0 radical (unpaired) electrons. The highest BCUT2D eigenvalue weighted by molar-refractivity contribution is 5.91. The predicted octanol–water partition coefficient (Wildman–Crippen LogP) is 6.27. The average Bonchev–Trinajstić information content (AvgIpc) is 2.97. The molecular formula is C38H65N3O6. The van der Waals surface area contributed by atoms with Crippen LogP contribution in [0.2, 0.25) is 0 Å². The SMILES string of the molecule is CC[C@H](C)[C@@H](C(=O)N[C@@H](Cc1ccc(C(C)(C)C)cc1)[C@@H](O)[C@@H](O)CC(C)C)N(C(=O)[C@H](C)NC(=O)OC(C)(C)C)C1CCCCC1. The molecule has 47 heavy (non-hydrogen) atoms. The molecule has 4 N–H and O–H groups in total. The van der Waals surface area contributed by atoms with Crippen LogP contribution in [0.1, 0.15) is 132 Å². The van der Waals surface area contributed by atoms with Crippen LogP contribution in [0.4, 0.5) is 4.79 Å². The van der Waals surface area contributed by atoms with E-state index in [4.69, 9.17) is 4.74 Å². The number of hydrogen-bond donors (Lipinski definition) is 4. The molecule has 0 unspecified atom stereocenters. The normalized spacial score (nSPS) is 18.4. The second kappa shape index (κ2) is 17.7. The number of aliphatic hydroxyl groups excluding tert-OH is 2. The summed E-state index contributed by atoms with van der Waals surface area (Å²) in [6.07, 6.45) is 2.90. The molecular weight excluding hydrogens is 594 g/mol. The molecule has 2 rings (SSSR count). The molecule has 1 aromatic carbocycles. The van der Waals surface area contributed by atoms with E-state index in [1.165, 1.54) is 5.56 Å². The second-order valence-corrected chi connectivity index (χ2v) is 16.2. The third kappa shape index (κ3) is 12.7. The Bertz CT molecular complexity index is 1130. The average molecular weight is 660 g/mol. The summed E-state index contributed by atoms with van der Waals surface area (Å²) in [6, 6.07) is 5.45. The topological polar surface area (TPSA) is 128 Å². The molecule has 0 saturated heterocycles. The number of alkyl carbamates (subject to hydrolysis) is 1. The first-order valence-electron chi connectivity index (χ1n) is 17.8. The van der Waals surface area contributed by atoms with Gasteiger partial charge in [-0.25, -0.2) is 4.79 Å². The van der Waals surface area contributed by atoms with Gasteiger partial charge >= 0.3 is 6.09 Å². The van der Waals surface area contributed by atoms with Crippen LogP contribution in [0.5, 0.6) is 0 Å². The Morgan fingerprint density at radius 1 is 0.915 bits per heavy atom. The molecule has 6 atom stereocenters. The zero-order valence-electron chi connectivity index (χ0n) is 31.1. The highest BCUT2D eigenvalue weighted by atomic mass is 16.6. The van der Waals surface area contributed by atoms with Crippen molar-refractivity contribution in [2.45, 2.75) is 175 Å². The molecule has 0 bridgehead atoms. The van der Waals surface area contributed by atoms with Crippen LogP contribution < -0.4 is 10.6 Å². The molecule has 9 heteroatoms. The first-order valence-corrected chi connectivity index (χ1v) is 17.8. The van der Waals surface area contributed by atoms with Gasteiger partial charge in [-0.15, -0.1) is 0 Å². The fourth-order valence-electron chi connectivity index (χ4n) is 6.37. The Hall–Kier alpha value is -2.65. The number of aliphatic hydroxyl groups is 2. The van der Waals surface area contributed by atoms with E-state index in [1.807, 2.05) is 39.8 Å². The number of carbonyl (C=O) groups is 3. The highest BCUT2D eigenvalue weighted by Crippen LogP contribution is 2.29. The Labute approximate surface area is 284 Å². The fraction of sp³-hybridized carbons (Fsp3) is 0.763. The Morgan fingerprint density at radius 2 is 1.49 bits per heavy atom. The van der Waals surface area contributed by atoms with Gasteiger partial charge in [0.15, 0.2) is 0 Å². The van der Waals surface area contributed by atoms with Gasteiger partial charge in [0.25, 0.3) is 0 Å². The van der Waals surface area contributed by atoms with Gasteiger partial charge < -0.3 is 30.5 Å². The van der Waals surface area contributed by atoms with Crippen molar-refractivity contribution >= 4 is 17.9 Å². The number of nitrogens with zero attached hydrogens (tertiary/aromatic N) is 1. The van der Waals surface area contributed by atoms with Crippen LogP contribution in [-0.2, 0) is 26.2 Å². The maximum atomic E-state index is 14.5.